The second-order valence-electron chi connectivity index (χ2n) is 5.19. The van der Waals surface area contributed by atoms with Gasteiger partial charge in [-0.15, -0.1) is 0 Å². The Kier molecular flexibility index (Phi) is 13.0. The Bertz CT molecular complexity index is 294. The molecule has 1 heterocycles. The number of thioether (sulfide) groups is 1. The van der Waals surface area contributed by atoms with Crippen molar-refractivity contribution in [2.45, 2.75) is 38.5 Å². The molecule has 0 aromatic carbocycles. The SMILES string of the molecule is O=C1CCCCSCCCCC(=O)OCCOCCOCCO1. The van der Waals surface area contributed by atoms with Gasteiger partial charge >= 0.3 is 11.9 Å². The van der Waals surface area contributed by atoms with Gasteiger partial charge in [0.25, 0.3) is 0 Å². The van der Waals surface area contributed by atoms with Crippen molar-refractivity contribution in [3.05, 3.63) is 0 Å². The molecular formula is C16H28O6S. The van der Waals surface area contributed by atoms with Crippen molar-refractivity contribution in [3.8, 4) is 0 Å². The van der Waals surface area contributed by atoms with E-state index in [2.05, 4.69) is 0 Å². The van der Waals surface area contributed by atoms with E-state index in [1.807, 2.05) is 11.8 Å². The molecule has 1 rings (SSSR count). The number of rotatable bonds is 0. The van der Waals surface area contributed by atoms with Crippen LogP contribution in [-0.4, -0.2) is 63.1 Å². The summed E-state index contributed by atoms with van der Waals surface area (Å²) in [5.74, 6) is 1.77. The average Bonchev–Trinajstić information content (AvgIpc) is 2.54. The quantitative estimate of drug-likeness (QED) is 0.621. The van der Waals surface area contributed by atoms with Crippen molar-refractivity contribution in [1.82, 2.24) is 0 Å². The van der Waals surface area contributed by atoms with Gasteiger partial charge < -0.3 is 18.9 Å². The van der Waals surface area contributed by atoms with E-state index >= 15 is 0 Å². The molecule has 0 saturated carbocycles. The summed E-state index contributed by atoms with van der Waals surface area (Å²) in [7, 11) is 0. The maximum atomic E-state index is 11.5. The van der Waals surface area contributed by atoms with Crippen LogP contribution in [0.4, 0.5) is 0 Å². The third-order valence-corrected chi connectivity index (χ3v) is 4.35. The molecule has 0 atom stereocenters. The Labute approximate surface area is 142 Å². The Morgan fingerprint density at radius 3 is 1.52 bits per heavy atom. The van der Waals surface area contributed by atoms with Crippen LogP contribution in [0.3, 0.4) is 0 Å². The number of carbonyl (C=O) groups is 2. The van der Waals surface area contributed by atoms with E-state index in [1.165, 1.54) is 0 Å². The maximum absolute atomic E-state index is 11.5. The lowest BCUT2D eigenvalue weighted by Gasteiger charge is -2.07. The molecule has 1 saturated heterocycles. The van der Waals surface area contributed by atoms with E-state index in [4.69, 9.17) is 18.9 Å². The van der Waals surface area contributed by atoms with E-state index in [9.17, 15) is 9.59 Å². The highest BCUT2D eigenvalue weighted by atomic mass is 32.2. The van der Waals surface area contributed by atoms with Crippen molar-refractivity contribution in [1.29, 1.82) is 0 Å². The largest absolute Gasteiger partial charge is 0.463 e. The first kappa shape index (κ1) is 20.3. The molecule has 0 unspecified atom stereocenters. The lowest BCUT2D eigenvalue weighted by molar-refractivity contribution is -0.147. The van der Waals surface area contributed by atoms with Crippen LogP contribution in [0.25, 0.3) is 0 Å². The summed E-state index contributed by atoms with van der Waals surface area (Å²) in [5.41, 5.74) is 0. The highest BCUT2D eigenvalue weighted by Gasteiger charge is 2.04. The van der Waals surface area contributed by atoms with Gasteiger partial charge in [0, 0.05) is 12.8 Å². The van der Waals surface area contributed by atoms with Crippen LogP contribution in [0.15, 0.2) is 0 Å². The van der Waals surface area contributed by atoms with Gasteiger partial charge in [-0.25, -0.2) is 0 Å². The van der Waals surface area contributed by atoms with Gasteiger partial charge in [-0.3, -0.25) is 9.59 Å². The van der Waals surface area contributed by atoms with E-state index in [-0.39, 0.29) is 25.2 Å². The zero-order valence-corrected chi connectivity index (χ0v) is 14.6. The summed E-state index contributed by atoms with van der Waals surface area (Å²) in [5, 5.41) is 0. The van der Waals surface area contributed by atoms with Gasteiger partial charge in [0.2, 0.25) is 0 Å². The summed E-state index contributed by atoms with van der Waals surface area (Å²) in [6.45, 7) is 2.18. The first-order valence-electron chi connectivity index (χ1n) is 8.33. The molecule has 0 aromatic heterocycles. The summed E-state index contributed by atoms with van der Waals surface area (Å²) in [6.07, 6.45) is 4.66. The van der Waals surface area contributed by atoms with E-state index in [1.54, 1.807) is 0 Å². The normalized spacial score (nSPS) is 22.4. The van der Waals surface area contributed by atoms with Gasteiger partial charge in [0.15, 0.2) is 0 Å². The number of ether oxygens (including phenoxy) is 4. The Balaban J connectivity index is 2.17. The molecule has 0 N–H and O–H groups in total. The number of hydrogen-bond acceptors (Lipinski definition) is 7. The molecule has 0 bridgehead atoms. The zero-order valence-electron chi connectivity index (χ0n) is 13.8. The second-order valence-corrected chi connectivity index (χ2v) is 6.42. The van der Waals surface area contributed by atoms with Crippen LogP contribution in [0.2, 0.25) is 0 Å². The lowest BCUT2D eigenvalue weighted by Crippen LogP contribution is -2.15. The minimum absolute atomic E-state index is 0.156. The standard InChI is InChI=1S/C16H28O6S/c17-15-5-1-3-13-23-14-4-2-6-16(18)22-12-10-20-8-7-19-9-11-21-15/h1-14H2. The van der Waals surface area contributed by atoms with Gasteiger partial charge in [-0.2, -0.15) is 11.8 Å². The molecule has 1 fully saturated rings. The molecule has 0 aromatic rings. The number of cyclic esters (lactones) is 2. The molecule has 7 heteroatoms. The zero-order chi connectivity index (χ0) is 16.6. The highest BCUT2D eigenvalue weighted by molar-refractivity contribution is 7.99. The molecule has 134 valence electrons. The molecule has 0 radical (unpaired) electrons. The van der Waals surface area contributed by atoms with E-state index in [0.717, 1.165) is 37.2 Å². The summed E-state index contributed by atoms with van der Waals surface area (Å²) in [4.78, 5) is 22.9. The third kappa shape index (κ3) is 13.4. The minimum Gasteiger partial charge on any atom is -0.463 e. The third-order valence-electron chi connectivity index (χ3n) is 3.19. The molecule has 6 nitrogen and oxygen atoms in total. The molecule has 1 aliphatic rings. The smallest absolute Gasteiger partial charge is 0.305 e. The topological polar surface area (TPSA) is 71.1 Å². The molecule has 1 aliphatic heterocycles. The minimum atomic E-state index is -0.156. The first-order valence-corrected chi connectivity index (χ1v) is 9.49. The first-order chi connectivity index (χ1) is 11.3. The second kappa shape index (κ2) is 14.8. The van der Waals surface area contributed by atoms with Crippen LogP contribution in [0.5, 0.6) is 0 Å². The van der Waals surface area contributed by atoms with Crippen LogP contribution in [0.1, 0.15) is 38.5 Å². The molecular weight excluding hydrogens is 320 g/mol. The van der Waals surface area contributed by atoms with Crippen LogP contribution in [0, 0.1) is 0 Å². The summed E-state index contributed by atoms with van der Waals surface area (Å²) >= 11 is 1.86. The van der Waals surface area contributed by atoms with Crippen molar-refractivity contribution in [2.75, 3.05) is 51.1 Å². The van der Waals surface area contributed by atoms with Crippen LogP contribution >= 0.6 is 11.8 Å². The number of carbonyl (C=O) groups excluding carboxylic acids is 2. The summed E-state index contributed by atoms with van der Waals surface area (Å²) in [6, 6.07) is 0. The fraction of sp³-hybridized carbons (Fsp3) is 0.875. The van der Waals surface area contributed by atoms with Crippen molar-refractivity contribution >= 4 is 23.7 Å². The van der Waals surface area contributed by atoms with Crippen molar-refractivity contribution in [3.63, 3.8) is 0 Å². The van der Waals surface area contributed by atoms with Gasteiger partial charge in [0.1, 0.15) is 13.2 Å². The predicted octanol–water partition coefficient (Wildman–Crippen LogP) is 2.19. The monoisotopic (exact) mass is 348 g/mol. The number of esters is 2. The molecule has 0 aliphatic carbocycles. The molecule has 0 amide bonds. The van der Waals surface area contributed by atoms with Gasteiger partial charge in [0.05, 0.1) is 26.4 Å². The van der Waals surface area contributed by atoms with Crippen molar-refractivity contribution < 1.29 is 28.5 Å². The fourth-order valence-corrected chi connectivity index (χ4v) is 2.96. The Hall–Kier alpha value is -0.790. The van der Waals surface area contributed by atoms with E-state index in [0.29, 0.717) is 39.3 Å². The Morgan fingerprint density at radius 1 is 0.609 bits per heavy atom. The average molecular weight is 348 g/mol. The summed E-state index contributed by atoms with van der Waals surface area (Å²) < 4.78 is 20.7. The lowest BCUT2D eigenvalue weighted by atomic mass is 10.2. The van der Waals surface area contributed by atoms with Crippen LogP contribution < -0.4 is 0 Å². The maximum Gasteiger partial charge on any atom is 0.305 e. The fourth-order valence-electron chi connectivity index (χ4n) is 1.94. The molecule has 0 spiro atoms. The van der Waals surface area contributed by atoms with Crippen molar-refractivity contribution in [2.24, 2.45) is 0 Å². The van der Waals surface area contributed by atoms with Crippen LogP contribution in [-0.2, 0) is 28.5 Å². The van der Waals surface area contributed by atoms with Gasteiger partial charge in [-0.05, 0) is 37.2 Å². The van der Waals surface area contributed by atoms with E-state index < -0.39 is 0 Å². The highest BCUT2D eigenvalue weighted by Crippen LogP contribution is 2.10. The predicted molar refractivity (Wildman–Crippen MR) is 88.6 cm³/mol. The molecule has 23 heavy (non-hydrogen) atoms. The van der Waals surface area contributed by atoms with Gasteiger partial charge in [-0.1, -0.05) is 0 Å². The Morgan fingerprint density at radius 2 is 1.04 bits per heavy atom. The number of hydrogen-bond donors (Lipinski definition) is 0.